The molecule has 2 amide bonds. The van der Waals surface area contributed by atoms with Gasteiger partial charge >= 0.3 is 12.0 Å². The van der Waals surface area contributed by atoms with E-state index in [0.717, 1.165) is 43.1 Å². The SMILES string of the molecule is O=C(Nc1ncnc2c1CC=CN2C1OC(C(=O)O)C2CC3(Cc4ccccc4C3)OC21)NC12CCCC3CC(C1)C32. The Hall–Kier alpha value is -3.50. The standard InChI is InChI=1S/C32H35N5O5/c38-29(39)25-22-15-31(12-18-5-1-2-6-19(18)13-31)42-24(22)28(41-25)37-10-4-8-21-26(33-16-34-27(21)37)35-30(40)36-32-9-3-7-17-11-20(14-32)23(17)32/h1-2,4-6,10,16-17,20,22-25,28H,3,7-9,11-15H2,(H,38,39)(H2,33,34,35,36,40). The number of amides is 2. The number of fused-ring (bicyclic) bond motifs is 3. The van der Waals surface area contributed by atoms with Gasteiger partial charge in [-0.25, -0.2) is 19.6 Å². The number of nitrogens with zero attached hydrogens (tertiary/aromatic N) is 3. The molecule has 218 valence electrons. The fourth-order valence-corrected chi connectivity index (χ4v) is 9.92. The van der Waals surface area contributed by atoms with Crippen LogP contribution >= 0.6 is 0 Å². The van der Waals surface area contributed by atoms with Gasteiger partial charge in [0.2, 0.25) is 0 Å². The van der Waals surface area contributed by atoms with Crippen molar-refractivity contribution >= 4 is 23.6 Å². The van der Waals surface area contributed by atoms with E-state index in [1.54, 1.807) is 0 Å². The van der Waals surface area contributed by atoms with Crippen molar-refractivity contribution in [2.24, 2.45) is 23.7 Å². The summed E-state index contributed by atoms with van der Waals surface area (Å²) in [5.74, 6) is 2.01. The molecule has 3 N–H and O–H groups in total. The number of carboxylic acids is 1. The smallest absolute Gasteiger partial charge is 0.333 e. The number of carbonyl (C=O) groups is 2. The fraction of sp³-hybridized carbons (Fsp3) is 0.562. The largest absolute Gasteiger partial charge is 0.479 e. The van der Waals surface area contributed by atoms with Crippen molar-refractivity contribution in [1.29, 1.82) is 0 Å². The third-order valence-corrected chi connectivity index (χ3v) is 11.5. The highest BCUT2D eigenvalue weighted by atomic mass is 16.6. The number of nitrogens with one attached hydrogen (secondary N) is 2. The van der Waals surface area contributed by atoms with Crippen LogP contribution in [0.1, 0.15) is 55.2 Å². The fourth-order valence-electron chi connectivity index (χ4n) is 9.92. The molecule has 7 aliphatic rings. The first kappa shape index (κ1) is 25.0. The number of hydrogen-bond donors (Lipinski definition) is 3. The minimum Gasteiger partial charge on any atom is -0.479 e. The van der Waals surface area contributed by atoms with E-state index >= 15 is 0 Å². The Labute approximate surface area is 243 Å². The Kier molecular flexibility index (Phi) is 5.23. The van der Waals surface area contributed by atoms with Crippen LogP contribution in [0.25, 0.3) is 0 Å². The molecule has 9 rings (SSSR count). The predicted octanol–water partition coefficient (Wildman–Crippen LogP) is 3.81. The minimum atomic E-state index is -0.972. The first-order chi connectivity index (χ1) is 20.4. The van der Waals surface area contributed by atoms with Gasteiger partial charge in [0, 0.05) is 36.1 Å². The van der Waals surface area contributed by atoms with Gasteiger partial charge < -0.3 is 24.8 Å². The number of carboxylic acid groups (broad SMARTS) is 1. The van der Waals surface area contributed by atoms with E-state index in [2.05, 4.69) is 32.7 Å². The summed E-state index contributed by atoms with van der Waals surface area (Å²) >= 11 is 0. The van der Waals surface area contributed by atoms with Gasteiger partial charge in [-0.15, -0.1) is 0 Å². The third-order valence-electron chi connectivity index (χ3n) is 11.5. The second kappa shape index (κ2) is 8.76. The van der Waals surface area contributed by atoms with E-state index in [4.69, 9.17) is 9.47 Å². The first-order valence-electron chi connectivity index (χ1n) is 15.4. The number of ether oxygens (including phenoxy) is 2. The number of allylic oxidation sites excluding steroid dienone is 1. The number of hydrogen-bond acceptors (Lipinski definition) is 7. The lowest BCUT2D eigenvalue weighted by Gasteiger charge is -2.68. The zero-order valence-corrected chi connectivity index (χ0v) is 23.4. The van der Waals surface area contributed by atoms with Crippen LogP contribution in [-0.2, 0) is 33.5 Å². The maximum atomic E-state index is 13.3. The Morgan fingerprint density at radius 2 is 1.93 bits per heavy atom. The number of anilines is 2. The molecule has 2 aromatic rings. The molecule has 8 unspecified atom stereocenters. The summed E-state index contributed by atoms with van der Waals surface area (Å²) < 4.78 is 13.0. The van der Waals surface area contributed by atoms with Gasteiger partial charge in [-0.2, -0.15) is 0 Å². The molecule has 10 heteroatoms. The number of aliphatic carboxylic acids is 1. The molecule has 1 aromatic carbocycles. The molecule has 0 radical (unpaired) electrons. The van der Waals surface area contributed by atoms with Crippen LogP contribution in [0, 0.1) is 23.7 Å². The molecule has 3 aliphatic heterocycles. The van der Waals surface area contributed by atoms with Crippen LogP contribution in [-0.4, -0.2) is 56.7 Å². The number of urea groups is 1. The van der Waals surface area contributed by atoms with Crippen LogP contribution in [0.2, 0.25) is 0 Å². The van der Waals surface area contributed by atoms with Gasteiger partial charge in [0.05, 0.1) is 5.60 Å². The van der Waals surface area contributed by atoms with E-state index in [1.165, 1.54) is 36.7 Å². The Morgan fingerprint density at radius 3 is 2.71 bits per heavy atom. The van der Waals surface area contributed by atoms with E-state index in [0.29, 0.717) is 30.4 Å². The van der Waals surface area contributed by atoms with Crippen molar-refractivity contribution in [2.45, 2.75) is 87.4 Å². The maximum absolute atomic E-state index is 13.3. The van der Waals surface area contributed by atoms with E-state index < -0.39 is 30.0 Å². The quantitative estimate of drug-likeness (QED) is 0.508. The van der Waals surface area contributed by atoms with Gasteiger partial charge in [0.15, 0.2) is 12.3 Å². The summed E-state index contributed by atoms with van der Waals surface area (Å²) in [5.41, 5.74) is 2.83. The summed E-state index contributed by atoms with van der Waals surface area (Å²) in [6.45, 7) is 0. The maximum Gasteiger partial charge on any atom is 0.333 e. The zero-order valence-electron chi connectivity index (χ0n) is 23.4. The average Bonchev–Trinajstić information content (AvgIpc) is 3.60. The summed E-state index contributed by atoms with van der Waals surface area (Å²) in [7, 11) is 0. The zero-order chi connectivity index (χ0) is 28.2. The normalized spacial score (nSPS) is 37.6. The van der Waals surface area contributed by atoms with Crippen LogP contribution in [0.3, 0.4) is 0 Å². The minimum absolute atomic E-state index is 0.0663. The number of aromatic nitrogens is 2. The Bertz CT molecular complexity index is 1500. The summed E-state index contributed by atoms with van der Waals surface area (Å²) in [6.07, 6.45) is 11.9. The van der Waals surface area contributed by atoms with Crippen LogP contribution in [0.4, 0.5) is 16.4 Å². The van der Waals surface area contributed by atoms with E-state index in [1.807, 2.05) is 29.3 Å². The van der Waals surface area contributed by atoms with Gasteiger partial charge in [-0.05, 0) is 67.4 Å². The molecule has 3 saturated carbocycles. The van der Waals surface area contributed by atoms with Crippen molar-refractivity contribution in [2.75, 3.05) is 10.2 Å². The lowest BCUT2D eigenvalue weighted by atomic mass is 9.40. The monoisotopic (exact) mass is 569 g/mol. The number of rotatable bonds is 4. The molecule has 1 spiro atoms. The molecule has 4 heterocycles. The highest BCUT2D eigenvalue weighted by Crippen LogP contribution is 2.65. The topological polar surface area (TPSA) is 126 Å². The second-order valence-corrected chi connectivity index (χ2v) is 13.7. The van der Waals surface area contributed by atoms with Gasteiger partial charge in [-0.1, -0.05) is 36.8 Å². The summed E-state index contributed by atoms with van der Waals surface area (Å²) in [5, 5.41) is 16.5. The molecule has 5 fully saturated rings. The third kappa shape index (κ3) is 3.51. The van der Waals surface area contributed by atoms with Gasteiger partial charge in [0.1, 0.15) is 24.1 Å². The predicted molar refractivity (Wildman–Crippen MR) is 152 cm³/mol. The lowest BCUT2D eigenvalue weighted by molar-refractivity contribution is -0.153. The van der Waals surface area contributed by atoms with Crippen molar-refractivity contribution in [3.8, 4) is 0 Å². The van der Waals surface area contributed by atoms with Crippen LogP contribution in [0.15, 0.2) is 42.9 Å². The van der Waals surface area contributed by atoms with Gasteiger partial charge in [0.25, 0.3) is 0 Å². The molecule has 8 atom stereocenters. The van der Waals surface area contributed by atoms with Crippen molar-refractivity contribution in [1.82, 2.24) is 15.3 Å². The van der Waals surface area contributed by atoms with Gasteiger partial charge in [-0.3, -0.25) is 5.32 Å². The molecular formula is C32H35N5O5. The molecule has 4 aliphatic carbocycles. The van der Waals surface area contributed by atoms with Crippen LogP contribution < -0.4 is 15.5 Å². The average molecular weight is 570 g/mol. The highest BCUT2D eigenvalue weighted by molar-refractivity contribution is 5.90. The molecule has 1 aromatic heterocycles. The molecule has 10 nitrogen and oxygen atoms in total. The molecule has 42 heavy (non-hydrogen) atoms. The highest BCUT2D eigenvalue weighted by Gasteiger charge is 2.65. The molecule has 0 bridgehead atoms. The Balaban J connectivity index is 0.970. The molecule has 2 saturated heterocycles. The van der Waals surface area contributed by atoms with Crippen molar-refractivity contribution in [3.05, 3.63) is 59.6 Å². The number of carbonyl (C=O) groups excluding carboxylic acids is 1. The first-order valence-corrected chi connectivity index (χ1v) is 15.4. The lowest BCUT2D eigenvalue weighted by Crippen LogP contribution is -2.73. The van der Waals surface area contributed by atoms with Crippen molar-refractivity contribution < 1.29 is 24.2 Å². The van der Waals surface area contributed by atoms with E-state index in [-0.39, 0.29) is 17.5 Å². The Morgan fingerprint density at radius 1 is 1.10 bits per heavy atom. The van der Waals surface area contributed by atoms with Crippen molar-refractivity contribution in [3.63, 3.8) is 0 Å². The number of benzene rings is 1. The summed E-state index contributed by atoms with van der Waals surface area (Å²) in [4.78, 5) is 36.6. The second-order valence-electron chi connectivity index (χ2n) is 13.7. The van der Waals surface area contributed by atoms with Crippen LogP contribution in [0.5, 0.6) is 0 Å². The van der Waals surface area contributed by atoms with E-state index in [9.17, 15) is 14.7 Å². The molecular weight excluding hydrogens is 534 g/mol. The summed E-state index contributed by atoms with van der Waals surface area (Å²) in [6, 6.07) is 8.15.